The molecule has 1 heterocycles. The van der Waals surface area contributed by atoms with Gasteiger partial charge < -0.3 is 14.2 Å². The molecule has 1 fully saturated rings. The van der Waals surface area contributed by atoms with Gasteiger partial charge >= 0.3 is 12.1 Å². The van der Waals surface area contributed by atoms with E-state index < -0.39 is 65.3 Å². The molecule has 0 aromatic heterocycles. The molecule has 22 heavy (non-hydrogen) atoms. The number of esters is 1. The van der Waals surface area contributed by atoms with Gasteiger partial charge in [-0.1, -0.05) is 0 Å². The SMILES string of the molecule is Cc1c(F)c(F)c(F)c(F)c1OC(=O)C1(C)COC(=O)OC1. The number of halogens is 4. The van der Waals surface area contributed by atoms with Crippen molar-refractivity contribution in [3.8, 4) is 5.75 Å². The summed E-state index contributed by atoms with van der Waals surface area (Å²) in [7, 11) is 0. The Hall–Kier alpha value is -2.32. The normalized spacial score (nSPS) is 16.7. The number of rotatable bonds is 2. The monoisotopic (exact) mass is 322 g/mol. The maximum absolute atomic E-state index is 13.6. The fourth-order valence-corrected chi connectivity index (χ4v) is 1.70. The van der Waals surface area contributed by atoms with Gasteiger partial charge in [0.05, 0.1) is 0 Å². The topological polar surface area (TPSA) is 61.8 Å². The third kappa shape index (κ3) is 2.58. The van der Waals surface area contributed by atoms with Crippen LogP contribution in [0.15, 0.2) is 0 Å². The summed E-state index contributed by atoms with van der Waals surface area (Å²) in [4.78, 5) is 22.8. The highest BCUT2D eigenvalue weighted by Gasteiger charge is 2.43. The van der Waals surface area contributed by atoms with Crippen LogP contribution in [0.2, 0.25) is 0 Å². The molecule has 120 valence electrons. The van der Waals surface area contributed by atoms with E-state index in [-0.39, 0.29) is 0 Å². The Bertz CT molecular complexity index is 619. The summed E-state index contributed by atoms with van der Waals surface area (Å²) in [5, 5.41) is 0. The molecule has 0 spiro atoms. The van der Waals surface area contributed by atoms with E-state index in [4.69, 9.17) is 0 Å². The first-order valence-electron chi connectivity index (χ1n) is 6.02. The van der Waals surface area contributed by atoms with E-state index in [2.05, 4.69) is 14.2 Å². The van der Waals surface area contributed by atoms with E-state index in [1.807, 2.05) is 0 Å². The molecular weight excluding hydrogens is 312 g/mol. The van der Waals surface area contributed by atoms with Crippen LogP contribution >= 0.6 is 0 Å². The zero-order chi connectivity index (χ0) is 16.7. The van der Waals surface area contributed by atoms with Crippen molar-refractivity contribution in [3.63, 3.8) is 0 Å². The first-order chi connectivity index (χ1) is 10.2. The highest BCUT2D eigenvalue weighted by Crippen LogP contribution is 2.32. The Morgan fingerprint density at radius 1 is 1.05 bits per heavy atom. The fourth-order valence-electron chi connectivity index (χ4n) is 1.70. The lowest BCUT2D eigenvalue weighted by Crippen LogP contribution is -2.45. The Morgan fingerprint density at radius 2 is 1.55 bits per heavy atom. The third-order valence-corrected chi connectivity index (χ3v) is 3.15. The summed E-state index contributed by atoms with van der Waals surface area (Å²) in [6.07, 6.45) is -0.994. The van der Waals surface area contributed by atoms with E-state index in [1.54, 1.807) is 0 Å². The third-order valence-electron chi connectivity index (χ3n) is 3.15. The number of hydrogen-bond donors (Lipinski definition) is 0. The fraction of sp³-hybridized carbons (Fsp3) is 0.385. The predicted octanol–water partition coefficient (Wildman–Crippen LogP) is 2.63. The van der Waals surface area contributed by atoms with Crippen LogP contribution in [0.3, 0.4) is 0 Å². The van der Waals surface area contributed by atoms with Crippen molar-refractivity contribution < 1.29 is 41.4 Å². The lowest BCUT2D eigenvalue weighted by Gasteiger charge is -2.29. The van der Waals surface area contributed by atoms with Gasteiger partial charge in [-0.05, 0) is 13.8 Å². The van der Waals surface area contributed by atoms with E-state index in [1.165, 1.54) is 6.92 Å². The number of carbonyl (C=O) groups excluding carboxylic acids is 2. The van der Waals surface area contributed by atoms with Gasteiger partial charge in [-0.3, -0.25) is 4.79 Å². The maximum Gasteiger partial charge on any atom is 0.508 e. The Kier molecular flexibility index (Phi) is 3.99. The average molecular weight is 322 g/mol. The molecule has 0 radical (unpaired) electrons. The van der Waals surface area contributed by atoms with Crippen LogP contribution in [0, 0.1) is 35.6 Å². The minimum atomic E-state index is -2.10. The van der Waals surface area contributed by atoms with Gasteiger partial charge in [0.15, 0.2) is 17.4 Å². The Morgan fingerprint density at radius 3 is 2.09 bits per heavy atom. The Balaban J connectivity index is 2.31. The first-order valence-corrected chi connectivity index (χ1v) is 6.02. The molecule has 1 aliphatic heterocycles. The summed E-state index contributed by atoms with van der Waals surface area (Å²) in [5.41, 5.74) is -2.20. The predicted molar refractivity (Wildman–Crippen MR) is 62.1 cm³/mol. The zero-order valence-electron chi connectivity index (χ0n) is 11.5. The van der Waals surface area contributed by atoms with Crippen molar-refractivity contribution in [3.05, 3.63) is 28.8 Å². The molecule has 0 unspecified atom stereocenters. The number of benzene rings is 1. The van der Waals surface area contributed by atoms with Gasteiger partial charge in [0.2, 0.25) is 11.6 Å². The standard InChI is InChI=1S/C13H10F4O5/c1-5-6(14)7(15)8(16)9(17)10(5)22-11(18)13(2)3-20-12(19)21-4-13/h3-4H2,1-2H3. The van der Waals surface area contributed by atoms with Gasteiger partial charge in [0.25, 0.3) is 0 Å². The number of ether oxygens (including phenoxy) is 3. The maximum atomic E-state index is 13.6. The van der Waals surface area contributed by atoms with Crippen molar-refractivity contribution in [2.45, 2.75) is 13.8 Å². The molecule has 9 heteroatoms. The molecule has 5 nitrogen and oxygen atoms in total. The smallest absolute Gasteiger partial charge is 0.433 e. The molecule has 1 aromatic carbocycles. The molecule has 0 aliphatic carbocycles. The van der Waals surface area contributed by atoms with Crippen molar-refractivity contribution in [1.29, 1.82) is 0 Å². The highest BCUT2D eigenvalue weighted by molar-refractivity contribution is 5.80. The van der Waals surface area contributed by atoms with Gasteiger partial charge in [-0.15, -0.1) is 0 Å². The van der Waals surface area contributed by atoms with E-state index >= 15 is 0 Å². The molecule has 1 aromatic rings. The van der Waals surface area contributed by atoms with Gasteiger partial charge in [-0.2, -0.15) is 4.39 Å². The van der Waals surface area contributed by atoms with E-state index in [9.17, 15) is 27.2 Å². The van der Waals surface area contributed by atoms with Gasteiger partial charge in [-0.25, -0.2) is 18.0 Å². The number of cyclic esters (lactones) is 2. The highest BCUT2D eigenvalue weighted by atomic mass is 19.2. The number of hydrogen-bond acceptors (Lipinski definition) is 5. The average Bonchev–Trinajstić information content (AvgIpc) is 2.50. The summed E-state index contributed by atoms with van der Waals surface area (Å²) in [6.45, 7) is 1.36. The second kappa shape index (κ2) is 5.47. The molecular formula is C13H10F4O5. The Labute approximate surface area is 121 Å². The van der Waals surface area contributed by atoms with Crippen LogP contribution in [-0.4, -0.2) is 25.3 Å². The first kappa shape index (κ1) is 16.1. The van der Waals surface area contributed by atoms with Crippen molar-refractivity contribution in [2.24, 2.45) is 5.41 Å². The lowest BCUT2D eigenvalue weighted by molar-refractivity contribution is -0.156. The summed E-state index contributed by atoms with van der Waals surface area (Å²) >= 11 is 0. The molecule has 0 amide bonds. The number of carbonyl (C=O) groups is 2. The minimum Gasteiger partial charge on any atom is -0.433 e. The van der Waals surface area contributed by atoms with Crippen LogP contribution in [0.1, 0.15) is 12.5 Å². The minimum absolute atomic E-state index is 0.419. The molecule has 0 bridgehead atoms. The second-order valence-electron chi connectivity index (χ2n) is 4.99. The van der Waals surface area contributed by atoms with Crippen LogP contribution < -0.4 is 4.74 Å². The second-order valence-corrected chi connectivity index (χ2v) is 4.99. The van der Waals surface area contributed by atoms with Crippen LogP contribution in [0.5, 0.6) is 5.75 Å². The van der Waals surface area contributed by atoms with Crippen LogP contribution in [0.4, 0.5) is 22.4 Å². The molecule has 1 saturated heterocycles. The lowest BCUT2D eigenvalue weighted by atomic mass is 9.92. The quantitative estimate of drug-likeness (QED) is 0.275. The molecule has 2 rings (SSSR count). The van der Waals surface area contributed by atoms with Crippen molar-refractivity contribution >= 4 is 12.1 Å². The molecule has 0 N–H and O–H groups in total. The zero-order valence-corrected chi connectivity index (χ0v) is 11.5. The summed E-state index contributed by atoms with van der Waals surface area (Å²) in [6, 6.07) is 0. The summed E-state index contributed by atoms with van der Waals surface area (Å²) in [5.74, 6) is -9.81. The van der Waals surface area contributed by atoms with E-state index in [0.717, 1.165) is 6.92 Å². The van der Waals surface area contributed by atoms with Gasteiger partial charge in [0.1, 0.15) is 18.6 Å². The molecule has 0 atom stereocenters. The van der Waals surface area contributed by atoms with Crippen molar-refractivity contribution in [1.82, 2.24) is 0 Å². The summed E-state index contributed by atoms with van der Waals surface area (Å²) < 4.78 is 66.9. The van der Waals surface area contributed by atoms with Gasteiger partial charge in [0, 0.05) is 5.56 Å². The van der Waals surface area contributed by atoms with Crippen LogP contribution in [-0.2, 0) is 14.3 Å². The molecule has 0 saturated carbocycles. The molecule has 1 aliphatic rings. The largest absolute Gasteiger partial charge is 0.508 e. The van der Waals surface area contributed by atoms with Crippen molar-refractivity contribution in [2.75, 3.05) is 13.2 Å². The van der Waals surface area contributed by atoms with E-state index in [0.29, 0.717) is 0 Å². The van der Waals surface area contributed by atoms with Crippen LogP contribution in [0.25, 0.3) is 0 Å².